The molecule has 2 nitrogen and oxygen atoms in total. The number of hydrogen-bond acceptors (Lipinski definition) is 3. The fourth-order valence-electron chi connectivity index (χ4n) is 8.29. The Kier molecular flexibility index (Phi) is 7.39. The average Bonchev–Trinajstić information content (AvgIpc) is 3.83. The topological polar surface area (TPSA) is 16.4 Å². The van der Waals surface area contributed by atoms with Gasteiger partial charge in [-0.05, 0) is 87.1 Å². The third kappa shape index (κ3) is 5.32. The van der Waals surface area contributed by atoms with E-state index >= 15 is 0 Å². The van der Waals surface area contributed by atoms with Crippen molar-refractivity contribution < 1.29 is 4.42 Å². The highest BCUT2D eigenvalue weighted by Gasteiger charge is 2.18. The van der Waals surface area contributed by atoms with E-state index in [0.29, 0.717) is 0 Å². The maximum absolute atomic E-state index is 6.50. The number of hydrogen-bond donors (Lipinski definition) is 0. The van der Waals surface area contributed by atoms with Gasteiger partial charge in [0.15, 0.2) is 0 Å². The Balaban J connectivity index is 1.07. The quantitative estimate of drug-likeness (QED) is 0.170. The van der Waals surface area contributed by atoms with Crippen molar-refractivity contribution in [2.24, 2.45) is 0 Å². The summed E-state index contributed by atoms with van der Waals surface area (Å²) in [6.07, 6.45) is 0. The van der Waals surface area contributed by atoms with Crippen LogP contribution < -0.4 is 4.90 Å². The molecule has 0 saturated carbocycles. The molecule has 0 spiro atoms. The van der Waals surface area contributed by atoms with Crippen molar-refractivity contribution in [1.29, 1.82) is 0 Å². The highest BCUT2D eigenvalue weighted by atomic mass is 32.1. The van der Waals surface area contributed by atoms with Crippen molar-refractivity contribution in [1.82, 2.24) is 0 Å². The lowest BCUT2D eigenvalue weighted by molar-refractivity contribution is 0.670. The van der Waals surface area contributed by atoms with E-state index in [1.165, 1.54) is 53.2 Å². The Bertz CT molecular complexity index is 3060. The molecule has 258 valence electrons. The van der Waals surface area contributed by atoms with Crippen molar-refractivity contribution in [3.8, 4) is 33.4 Å². The summed E-state index contributed by atoms with van der Waals surface area (Å²) in [7, 11) is 0. The van der Waals surface area contributed by atoms with Crippen molar-refractivity contribution in [3.63, 3.8) is 0 Å². The molecule has 55 heavy (non-hydrogen) atoms. The Morgan fingerprint density at radius 1 is 0.364 bits per heavy atom. The summed E-state index contributed by atoms with van der Waals surface area (Å²) in [6, 6.07) is 72.2. The van der Waals surface area contributed by atoms with Gasteiger partial charge in [-0.2, -0.15) is 0 Å². The molecule has 0 N–H and O–H groups in total. The molecule has 11 rings (SSSR count). The predicted octanol–water partition coefficient (Wildman–Crippen LogP) is 15.6. The van der Waals surface area contributed by atoms with E-state index < -0.39 is 0 Å². The van der Waals surface area contributed by atoms with Crippen LogP contribution in [0.4, 0.5) is 17.1 Å². The van der Waals surface area contributed by atoms with Crippen LogP contribution in [0.5, 0.6) is 0 Å². The molecule has 0 unspecified atom stereocenters. The molecule has 0 saturated heterocycles. The third-order valence-corrected chi connectivity index (χ3v) is 12.1. The van der Waals surface area contributed by atoms with Gasteiger partial charge in [0.2, 0.25) is 0 Å². The first kappa shape index (κ1) is 31.6. The first-order valence-electron chi connectivity index (χ1n) is 18.7. The van der Waals surface area contributed by atoms with Gasteiger partial charge in [-0.3, -0.25) is 0 Å². The number of furan rings is 1. The largest absolute Gasteiger partial charge is 0.455 e. The van der Waals surface area contributed by atoms with Crippen LogP contribution in [-0.2, 0) is 0 Å². The van der Waals surface area contributed by atoms with Crippen LogP contribution >= 0.6 is 11.3 Å². The van der Waals surface area contributed by atoms with Gasteiger partial charge >= 0.3 is 0 Å². The average molecular weight is 720 g/mol. The van der Waals surface area contributed by atoms with Gasteiger partial charge in [0.25, 0.3) is 0 Å². The van der Waals surface area contributed by atoms with Crippen LogP contribution in [0.3, 0.4) is 0 Å². The molecule has 0 amide bonds. The minimum atomic E-state index is 0.902. The summed E-state index contributed by atoms with van der Waals surface area (Å²) in [5.74, 6) is 0. The van der Waals surface area contributed by atoms with Crippen molar-refractivity contribution >= 4 is 81.3 Å². The van der Waals surface area contributed by atoms with Crippen LogP contribution in [0.2, 0.25) is 0 Å². The first-order valence-corrected chi connectivity index (χ1v) is 19.5. The monoisotopic (exact) mass is 719 g/mol. The van der Waals surface area contributed by atoms with Crippen molar-refractivity contribution in [3.05, 3.63) is 200 Å². The lowest BCUT2D eigenvalue weighted by Crippen LogP contribution is -2.10. The maximum atomic E-state index is 6.50. The van der Waals surface area contributed by atoms with Gasteiger partial charge in [0.05, 0.1) is 0 Å². The summed E-state index contributed by atoms with van der Waals surface area (Å²) in [4.78, 5) is 2.38. The number of thiophene rings is 1. The second-order valence-corrected chi connectivity index (χ2v) is 15.1. The number of benzene rings is 9. The van der Waals surface area contributed by atoms with Crippen LogP contribution in [0.1, 0.15) is 0 Å². The van der Waals surface area contributed by atoms with E-state index in [4.69, 9.17) is 4.42 Å². The summed E-state index contributed by atoms with van der Waals surface area (Å²) in [5, 5.41) is 7.37. The lowest BCUT2D eigenvalue weighted by atomic mass is 9.97. The van der Waals surface area contributed by atoms with Crippen LogP contribution in [0, 0.1) is 0 Å². The Morgan fingerprint density at radius 2 is 0.945 bits per heavy atom. The fraction of sp³-hybridized carbons (Fsp3) is 0. The van der Waals surface area contributed by atoms with Crippen LogP contribution in [0.15, 0.2) is 205 Å². The predicted molar refractivity (Wildman–Crippen MR) is 235 cm³/mol. The van der Waals surface area contributed by atoms with E-state index in [2.05, 4.69) is 193 Å². The zero-order chi connectivity index (χ0) is 36.3. The van der Waals surface area contributed by atoms with Gasteiger partial charge in [-0.1, -0.05) is 152 Å². The van der Waals surface area contributed by atoms with Crippen molar-refractivity contribution in [2.45, 2.75) is 0 Å². The molecule has 0 aliphatic rings. The zero-order valence-corrected chi connectivity index (χ0v) is 30.6. The smallest absolute Gasteiger partial charge is 0.143 e. The molecule has 0 radical (unpaired) electrons. The Labute approximate surface area is 322 Å². The maximum Gasteiger partial charge on any atom is 0.143 e. The molecule has 0 aliphatic carbocycles. The van der Waals surface area contributed by atoms with Gasteiger partial charge in [-0.25, -0.2) is 0 Å². The highest BCUT2D eigenvalue weighted by Crippen LogP contribution is 2.44. The molecular formula is C52H33NOS. The molecule has 0 aliphatic heterocycles. The molecule has 2 aromatic heterocycles. The molecule has 0 fully saturated rings. The highest BCUT2D eigenvalue weighted by molar-refractivity contribution is 7.26. The molecule has 0 bridgehead atoms. The molecule has 2 heterocycles. The zero-order valence-electron chi connectivity index (χ0n) is 29.8. The van der Waals surface area contributed by atoms with E-state index in [1.807, 2.05) is 23.5 Å². The molecule has 0 atom stereocenters. The number of rotatable bonds is 6. The molecule has 9 aromatic carbocycles. The standard InChI is InChI=1S/C52H33NOS/c1-2-18-41-34(12-1)13-9-21-42(41)35-28-30-38(31-29-35)53(39-16-7-14-36(32-39)43-22-10-24-47-45-19-3-5-26-49(45)54-51(43)47)40-17-8-15-37(33-40)44-23-11-25-48-46-20-4-6-27-50(46)55-52(44)48/h1-33H. The first-order chi connectivity index (χ1) is 27.3. The second kappa shape index (κ2) is 12.9. The van der Waals surface area contributed by atoms with Gasteiger partial charge in [0.1, 0.15) is 11.2 Å². The number of para-hydroxylation sites is 2. The third-order valence-electron chi connectivity index (χ3n) is 10.9. The summed E-state index contributed by atoms with van der Waals surface area (Å²) >= 11 is 1.87. The Hall–Kier alpha value is -6.94. The van der Waals surface area contributed by atoms with E-state index in [-0.39, 0.29) is 0 Å². The number of nitrogens with zero attached hydrogens (tertiary/aromatic N) is 1. The van der Waals surface area contributed by atoms with E-state index in [9.17, 15) is 0 Å². The van der Waals surface area contributed by atoms with Crippen LogP contribution in [-0.4, -0.2) is 0 Å². The van der Waals surface area contributed by atoms with Crippen LogP contribution in [0.25, 0.3) is 86.3 Å². The second-order valence-electron chi connectivity index (χ2n) is 14.1. The van der Waals surface area contributed by atoms with Gasteiger partial charge < -0.3 is 9.32 Å². The minimum Gasteiger partial charge on any atom is -0.455 e. The van der Waals surface area contributed by atoms with E-state index in [1.54, 1.807) is 0 Å². The molecule has 3 heteroatoms. The van der Waals surface area contributed by atoms with E-state index in [0.717, 1.165) is 50.1 Å². The fourth-order valence-corrected chi connectivity index (χ4v) is 9.53. The van der Waals surface area contributed by atoms with Gasteiger partial charge in [-0.15, -0.1) is 11.3 Å². The number of anilines is 3. The number of fused-ring (bicyclic) bond motifs is 7. The van der Waals surface area contributed by atoms with Crippen molar-refractivity contribution in [2.75, 3.05) is 4.90 Å². The summed E-state index contributed by atoms with van der Waals surface area (Å²) in [5.41, 5.74) is 12.1. The molecule has 11 aromatic rings. The Morgan fingerprint density at radius 3 is 1.76 bits per heavy atom. The normalized spacial score (nSPS) is 11.6. The summed E-state index contributed by atoms with van der Waals surface area (Å²) in [6.45, 7) is 0. The minimum absolute atomic E-state index is 0.902. The molecular weight excluding hydrogens is 687 g/mol. The SMILES string of the molecule is c1cc(-c2cccc3c2oc2ccccc23)cc(N(c2ccc(-c3cccc4ccccc34)cc2)c2cccc(-c3cccc4c3sc3ccccc34)c2)c1. The summed E-state index contributed by atoms with van der Waals surface area (Å²) < 4.78 is 9.13. The lowest BCUT2D eigenvalue weighted by Gasteiger charge is -2.27. The van der Waals surface area contributed by atoms with Gasteiger partial charge in [0, 0.05) is 53.6 Å².